The fraction of sp³-hybridized carbons (Fsp3) is 0.417. The molecule has 3 N–H and O–H groups in total. The van der Waals surface area contributed by atoms with Crippen molar-refractivity contribution in [2.24, 2.45) is 0 Å². The summed E-state index contributed by atoms with van der Waals surface area (Å²) < 4.78 is 34.4. The molecule has 1 aliphatic carbocycles. The van der Waals surface area contributed by atoms with Crippen molar-refractivity contribution in [2.45, 2.75) is 62.8 Å². The Balaban J connectivity index is 1.54. The van der Waals surface area contributed by atoms with Crippen LogP contribution in [-0.2, 0) is 10.0 Å². The Hall–Kier alpha value is -2.01. The van der Waals surface area contributed by atoms with E-state index in [1.165, 1.54) is 12.1 Å². The van der Waals surface area contributed by atoms with Crippen LogP contribution in [0.3, 0.4) is 0 Å². The van der Waals surface area contributed by atoms with Gasteiger partial charge in [-0.2, -0.15) is 0 Å². The van der Waals surface area contributed by atoms with Crippen LogP contribution in [0.1, 0.15) is 62.2 Å². The first-order chi connectivity index (χ1) is 16.3. The molecule has 10 heteroatoms. The van der Waals surface area contributed by atoms with Gasteiger partial charge in [0, 0.05) is 17.3 Å². The summed E-state index contributed by atoms with van der Waals surface area (Å²) >= 11 is 8.68. The summed E-state index contributed by atoms with van der Waals surface area (Å²) in [7, 11) is -3.57. The number of rotatable bonds is 9. The zero-order valence-electron chi connectivity index (χ0n) is 19.1. The van der Waals surface area contributed by atoms with Gasteiger partial charge >= 0.3 is 0 Å². The fourth-order valence-corrected chi connectivity index (χ4v) is 5.66. The van der Waals surface area contributed by atoms with Gasteiger partial charge in [0.25, 0.3) is 5.91 Å². The Morgan fingerprint density at radius 3 is 2.47 bits per heavy atom. The van der Waals surface area contributed by atoms with Gasteiger partial charge in [0.05, 0.1) is 16.0 Å². The van der Waals surface area contributed by atoms with E-state index in [0.29, 0.717) is 28.1 Å². The minimum Gasteiger partial charge on any atom is -0.492 e. The number of thiocarbonyl (C=S) groups is 1. The first-order valence-electron chi connectivity index (χ1n) is 11.5. The largest absolute Gasteiger partial charge is 0.492 e. The smallest absolute Gasteiger partial charge is 0.257 e. The van der Waals surface area contributed by atoms with Gasteiger partial charge in [-0.05, 0) is 89.9 Å². The molecule has 34 heavy (non-hydrogen) atoms. The second-order valence-electron chi connectivity index (χ2n) is 8.24. The predicted molar refractivity (Wildman–Crippen MR) is 142 cm³/mol. The predicted octanol–water partition coefficient (Wildman–Crippen LogP) is 5.37. The summed E-state index contributed by atoms with van der Waals surface area (Å²) in [6, 6.07) is 11.4. The fourth-order valence-electron chi connectivity index (χ4n) is 3.65. The molecule has 1 amide bonds. The number of unbranched alkanes of at least 4 members (excludes halogenated alkanes) is 1. The van der Waals surface area contributed by atoms with Crippen molar-refractivity contribution in [3.8, 4) is 5.75 Å². The van der Waals surface area contributed by atoms with E-state index in [0.717, 1.165) is 44.9 Å². The van der Waals surface area contributed by atoms with Gasteiger partial charge in [-0.25, -0.2) is 13.1 Å². The summed E-state index contributed by atoms with van der Waals surface area (Å²) in [6.07, 6.45) is 7.00. The average molecular weight is 569 g/mol. The van der Waals surface area contributed by atoms with Crippen LogP contribution in [0, 0.1) is 0 Å². The van der Waals surface area contributed by atoms with E-state index in [-0.39, 0.29) is 22.0 Å². The monoisotopic (exact) mass is 567 g/mol. The third kappa shape index (κ3) is 7.76. The van der Waals surface area contributed by atoms with E-state index in [1.54, 1.807) is 30.3 Å². The van der Waals surface area contributed by atoms with E-state index in [2.05, 4.69) is 38.2 Å². The third-order valence-electron chi connectivity index (χ3n) is 5.53. The highest BCUT2D eigenvalue weighted by molar-refractivity contribution is 9.10. The van der Waals surface area contributed by atoms with E-state index < -0.39 is 10.0 Å². The van der Waals surface area contributed by atoms with Gasteiger partial charge < -0.3 is 10.1 Å². The maximum atomic E-state index is 12.6. The number of carbonyl (C=O) groups is 1. The highest BCUT2D eigenvalue weighted by Gasteiger charge is 2.21. The molecule has 0 radical (unpaired) electrons. The van der Waals surface area contributed by atoms with Crippen molar-refractivity contribution in [3.05, 3.63) is 52.5 Å². The maximum Gasteiger partial charge on any atom is 0.257 e. The molecule has 0 heterocycles. The molecule has 1 fully saturated rings. The molecule has 0 atom stereocenters. The molecule has 2 aromatic carbocycles. The summed E-state index contributed by atoms with van der Waals surface area (Å²) in [4.78, 5) is 12.8. The minimum absolute atomic E-state index is 0.00338. The van der Waals surface area contributed by atoms with Crippen molar-refractivity contribution in [1.29, 1.82) is 0 Å². The van der Waals surface area contributed by atoms with Gasteiger partial charge in [0.2, 0.25) is 10.0 Å². The maximum absolute atomic E-state index is 12.6. The van der Waals surface area contributed by atoms with Crippen molar-refractivity contribution in [2.75, 3.05) is 11.9 Å². The van der Waals surface area contributed by atoms with Gasteiger partial charge in [-0.15, -0.1) is 0 Å². The summed E-state index contributed by atoms with van der Waals surface area (Å²) in [5.74, 6) is 0.313. The zero-order chi connectivity index (χ0) is 24.6. The second kappa shape index (κ2) is 12.6. The number of carbonyl (C=O) groups excluding carboxylic acids is 1. The molecule has 2 aromatic rings. The molecule has 0 aromatic heterocycles. The minimum atomic E-state index is -3.57. The van der Waals surface area contributed by atoms with Crippen LogP contribution in [0.5, 0.6) is 5.75 Å². The highest BCUT2D eigenvalue weighted by Crippen LogP contribution is 2.26. The Morgan fingerprint density at radius 2 is 1.82 bits per heavy atom. The van der Waals surface area contributed by atoms with E-state index in [9.17, 15) is 13.2 Å². The quantitative estimate of drug-likeness (QED) is 0.278. The lowest BCUT2D eigenvalue weighted by atomic mass is 9.96. The summed E-state index contributed by atoms with van der Waals surface area (Å²) in [5.41, 5.74) is 0.997. The Bertz CT molecular complexity index is 1100. The normalized spacial score (nSPS) is 14.4. The van der Waals surface area contributed by atoms with Crippen molar-refractivity contribution < 1.29 is 17.9 Å². The van der Waals surface area contributed by atoms with Gasteiger partial charge in [-0.3, -0.25) is 10.1 Å². The number of hydrogen-bond acceptors (Lipinski definition) is 5. The molecule has 1 saturated carbocycles. The molecule has 0 aliphatic heterocycles. The summed E-state index contributed by atoms with van der Waals surface area (Å²) in [5, 5.41) is 5.65. The number of anilines is 1. The van der Waals surface area contributed by atoms with Crippen LogP contribution in [0.15, 0.2) is 51.8 Å². The van der Waals surface area contributed by atoms with Crippen LogP contribution < -0.4 is 20.1 Å². The molecule has 1 aliphatic rings. The van der Waals surface area contributed by atoms with Crippen LogP contribution >= 0.6 is 28.1 Å². The summed E-state index contributed by atoms with van der Waals surface area (Å²) in [6.45, 7) is 2.71. The van der Waals surface area contributed by atoms with E-state index in [4.69, 9.17) is 17.0 Å². The van der Waals surface area contributed by atoms with Crippen molar-refractivity contribution in [3.63, 3.8) is 0 Å². The average Bonchev–Trinajstić information content (AvgIpc) is 2.81. The number of sulfonamides is 1. The SMILES string of the molecule is CCCCOc1ccc(C(=O)NC(=S)Nc2ccc(S(=O)(=O)NC3CCCCC3)cc2)cc1Br. The van der Waals surface area contributed by atoms with Crippen LogP contribution in [0.4, 0.5) is 5.69 Å². The molecule has 0 unspecified atom stereocenters. The Morgan fingerprint density at radius 1 is 1.12 bits per heavy atom. The highest BCUT2D eigenvalue weighted by atomic mass is 79.9. The number of halogens is 1. The lowest BCUT2D eigenvalue weighted by Gasteiger charge is -2.22. The molecule has 0 spiro atoms. The van der Waals surface area contributed by atoms with Crippen molar-refractivity contribution >= 4 is 54.9 Å². The van der Waals surface area contributed by atoms with E-state index >= 15 is 0 Å². The number of benzene rings is 2. The Kier molecular flexibility index (Phi) is 9.87. The second-order valence-corrected chi connectivity index (χ2v) is 11.2. The molecular weight excluding hydrogens is 538 g/mol. The molecule has 3 rings (SSSR count). The topological polar surface area (TPSA) is 96.5 Å². The number of nitrogens with one attached hydrogen (secondary N) is 3. The molecule has 0 saturated heterocycles. The lowest BCUT2D eigenvalue weighted by Crippen LogP contribution is -2.36. The van der Waals surface area contributed by atoms with Crippen LogP contribution in [0.25, 0.3) is 0 Å². The number of amides is 1. The molecule has 184 valence electrons. The van der Waals surface area contributed by atoms with Crippen LogP contribution in [-0.4, -0.2) is 32.1 Å². The van der Waals surface area contributed by atoms with Gasteiger partial charge in [-0.1, -0.05) is 32.6 Å². The zero-order valence-corrected chi connectivity index (χ0v) is 22.3. The van der Waals surface area contributed by atoms with Crippen molar-refractivity contribution in [1.82, 2.24) is 10.0 Å². The van der Waals surface area contributed by atoms with E-state index in [1.807, 2.05) is 0 Å². The number of hydrogen-bond donors (Lipinski definition) is 3. The first kappa shape index (κ1) is 26.6. The molecule has 0 bridgehead atoms. The molecule has 7 nitrogen and oxygen atoms in total. The lowest BCUT2D eigenvalue weighted by molar-refractivity contribution is 0.0977. The third-order valence-corrected chi connectivity index (χ3v) is 7.89. The Labute approximate surface area is 215 Å². The standard InChI is InChI=1S/C24H30BrN3O4S2/c1-2-3-15-32-22-14-9-17(16-21(22)25)23(29)27-24(33)26-18-10-12-20(13-11-18)34(30,31)28-19-7-5-4-6-8-19/h9-14,16,19,28H,2-8,15H2,1H3,(H2,26,27,29,33). The van der Waals surface area contributed by atoms with Gasteiger partial charge in [0.15, 0.2) is 5.11 Å². The molecular formula is C24H30BrN3O4S2. The first-order valence-corrected chi connectivity index (χ1v) is 14.1. The van der Waals surface area contributed by atoms with Crippen LogP contribution in [0.2, 0.25) is 0 Å². The van der Waals surface area contributed by atoms with Gasteiger partial charge in [0.1, 0.15) is 5.75 Å². The number of ether oxygens (including phenoxy) is 1.